The van der Waals surface area contributed by atoms with Gasteiger partial charge in [0.2, 0.25) is 0 Å². The summed E-state index contributed by atoms with van der Waals surface area (Å²) in [6.07, 6.45) is 1.55. The molecule has 2 N–H and O–H groups in total. The minimum absolute atomic E-state index is 0.226. The topological polar surface area (TPSA) is 57.3 Å². The molecule has 29 heavy (non-hydrogen) atoms. The molecule has 0 bridgehead atoms. The van der Waals surface area contributed by atoms with Crippen LogP contribution in [0.2, 0.25) is 5.02 Å². The maximum atomic E-state index is 14.6. The average Bonchev–Trinajstić information content (AvgIpc) is 2.75. The summed E-state index contributed by atoms with van der Waals surface area (Å²) in [5, 5.41) is 6.48. The summed E-state index contributed by atoms with van der Waals surface area (Å²) < 4.78 is 14.6. The lowest BCUT2D eigenvalue weighted by Gasteiger charge is -2.29. The fourth-order valence-corrected chi connectivity index (χ4v) is 3.54. The number of aromatic nitrogens is 1. The standard InChI is InChI=1S/C22H20ClFN4O/c23-19-2-1-9-26-21(19)18-8-3-15(14-20(18)24)22(29)27-16-4-6-17(7-5-16)28-12-10-25-11-13-28/h1-9,14,25H,10-13H2,(H,27,29). The Labute approximate surface area is 173 Å². The first-order valence-corrected chi connectivity index (χ1v) is 9.77. The number of nitrogens with one attached hydrogen (secondary N) is 2. The summed E-state index contributed by atoms with van der Waals surface area (Å²) in [6, 6.07) is 15.3. The molecule has 5 nitrogen and oxygen atoms in total. The van der Waals surface area contributed by atoms with E-state index in [1.54, 1.807) is 24.4 Å². The van der Waals surface area contributed by atoms with Crippen molar-refractivity contribution in [2.75, 3.05) is 36.4 Å². The highest BCUT2D eigenvalue weighted by atomic mass is 35.5. The molecule has 1 aliphatic heterocycles. The number of piperazine rings is 1. The van der Waals surface area contributed by atoms with E-state index in [-0.39, 0.29) is 17.0 Å². The second-order valence-corrected chi connectivity index (χ2v) is 7.17. The number of carbonyl (C=O) groups is 1. The molecule has 0 radical (unpaired) electrons. The van der Waals surface area contributed by atoms with Crippen LogP contribution in [0.1, 0.15) is 10.4 Å². The van der Waals surface area contributed by atoms with Crippen LogP contribution >= 0.6 is 11.6 Å². The first kappa shape index (κ1) is 19.4. The van der Waals surface area contributed by atoms with Crippen LogP contribution in [-0.2, 0) is 0 Å². The average molecular weight is 411 g/mol. The second-order valence-electron chi connectivity index (χ2n) is 6.77. The van der Waals surface area contributed by atoms with Gasteiger partial charge in [0, 0.05) is 54.9 Å². The summed E-state index contributed by atoms with van der Waals surface area (Å²) in [4.78, 5) is 18.9. The van der Waals surface area contributed by atoms with Gasteiger partial charge in [0.15, 0.2) is 0 Å². The van der Waals surface area contributed by atoms with Crippen LogP contribution in [0.3, 0.4) is 0 Å². The van der Waals surface area contributed by atoms with E-state index in [0.29, 0.717) is 16.4 Å². The van der Waals surface area contributed by atoms with Crippen LogP contribution in [0.15, 0.2) is 60.8 Å². The zero-order valence-corrected chi connectivity index (χ0v) is 16.4. The molecule has 4 rings (SSSR count). The van der Waals surface area contributed by atoms with Crippen molar-refractivity contribution in [3.63, 3.8) is 0 Å². The Morgan fingerprint density at radius 1 is 1.10 bits per heavy atom. The minimum atomic E-state index is -0.549. The Balaban J connectivity index is 1.47. The molecule has 1 saturated heterocycles. The van der Waals surface area contributed by atoms with Gasteiger partial charge in [0.1, 0.15) is 5.82 Å². The van der Waals surface area contributed by atoms with E-state index in [1.807, 2.05) is 24.3 Å². The van der Waals surface area contributed by atoms with Crippen molar-refractivity contribution >= 4 is 28.9 Å². The molecule has 148 valence electrons. The first-order valence-electron chi connectivity index (χ1n) is 9.39. The highest BCUT2D eigenvalue weighted by molar-refractivity contribution is 6.33. The second kappa shape index (κ2) is 8.59. The van der Waals surface area contributed by atoms with Gasteiger partial charge in [-0.25, -0.2) is 4.39 Å². The molecule has 0 spiro atoms. The molecule has 2 aromatic carbocycles. The normalized spacial score (nSPS) is 13.9. The number of hydrogen-bond acceptors (Lipinski definition) is 4. The number of carbonyl (C=O) groups excluding carboxylic acids is 1. The monoisotopic (exact) mass is 410 g/mol. The summed E-state index contributed by atoms with van der Waals surface area (Å²) in [6.45, 7) is 3.84. The van der Waals surface area contributed by atoms with Crippen molar-refractivity contribution in [3.8, 4) is 11.3 Å². The van der Waals surface area contributed by atoms with Crippen molar-refractivity contribution < 1.29 is 9.18 Å². The molecule has 0 saturated carbocycles. The number of benzene rings is 2. The number of nitrogens with zero attached hydrogens (tertiary/aromatic N) is 2. The third kappa shape index (κ3) is 4.39. The fraction of sp³-hybridized carbons (Fsp3) is 0.182. The van der Waals surface area contributed by atoms with Gasteiger partial charge in [0.05, 0.1) is 10.7 Å². The maximum Gasteiger partial charge on any atom is 0.255 e. The SMILES string of the molecule is O=C(Nc1ccc(N2CCNCC2)cc1)c1ccc(-c2ncccc2Cl)c(F)c1. The maximum absolute atomic E-state index is 14.6. The Kier molecular flexibility index (Phi) is 5.74. The van der Waals surface area contributed by atoms with Crippen molar-refractivity contribution in [1.29, 1.82) is 0 Å². The zero-order valence-electron chi connectivity index (χ0n) is 15.7. The lowest BCUT2D eigenvalue weighted by molar-refractivity contribution is 0.102. The molecule has 7 heteroatoms. The molecule has 1 aromatic heterocycles. The molecule has 1 fully saturated rings. The zero-order chi connectivity index (χ0) is 20.2. The van der Waals surface area contributed by atoms with Crippen LogP contribution in [0.25, 0.3) is 11.3 Å². The van der Waals surface area contributed by atoms with Gasteiger partial charge in [-0.1, -0.05) is 11.6 Å². The number of halogens is 2. The van der Waals surface area contributed by atoms with Gasteiger partial charge in [-0.3, -0.25) is 9.78 Å². The highest BCUT2D eigenvalue weighted by Crippen LogP contribution is 2.28. The quantitative estimate of drug-likeness (QED) is 0.676. The predicted molar refractivity (Wildman–Crippen MR) is 114 cm³/mol. The van der Waals surface area contributed by atoms with E-state index in [4.69, 9.17) is 11.6 Å². The number of hydrogen-bond donors (Lipinski definition) is 2. The number of amides is 1. The molecule has 3 aromatic rings. The van der Waals surface area contributed by atoms with Crippen LogP contribution in [0.4, 0.5) is 15.8 Å². The Morgan fingerprint density at radius 2 is 1.86 bits per heavy atom. The Hall–Kier alpha value is -2.96. The fourth-order valence-electron chi connectivity index (χ4n) is 3.31. The van der Waals surface area contributed by atoms with Gasteiger partial charge in [-0.15, -0.1) is 0 Å². The smallest absolute Gasteiger partial charge is 0.255 e. The molecule has 0 unspecified atom stereocenters. The molecular formula is C22H20ClFN4O. The van der Waals surface area contributed by atoms with Crippen LogP contribution in [0.5, 0.6) is 0 Å². The highest BCUT2D eigenvalue weighted by Gasteiger charge is 2.15. The van der Waals surface area contributed by atoms with E-state index < -0.39 is 5.82 Å². The summed E-state index contributed by atoms with van der Waals surface area (Å²) in [5.74, 6) is -0.926. The van der Waals surface area contributed by atoms with Crippen molar-refractivity contribution in [3.05, 3.63) is 77.2 Å². The van der Waals surface area contributed by atoms with E-state index in [2.05, 4.69) is 20.5 Å². The molecule has 1 amide bonds. The number of anilines is 2. The predicted octanol–water partition coefficient (Wildman–Crippen LogP) is 4.20. The van der Waals surface area contributed by atoms with E-state index in [1.165, 1.54) is 12.1 Å². The summed E-state index contributed by atoms with van der Waals surface area (Å²) in [7, 11) is 0. The Morgan fingerprint density at radius 3 is 2.55 bits per heavy atom. The molecule has 0 aliphatic carbocycles. The largest absolute Gasteiger partial charge is 0.369 e. The molecule has 2 heterocycles. The van der Waals surface area contributed by atoms with E-state index in [0.717, 1.165) is 31.9 Å². The summed E-state index contributed by atoms with van der Waals surface area (Å²) in [5.41, 5.74) is 2.61. The van der Waals surface area contributed by atoms with Crippen molar-refractivity contribution in [2.24, 2.45) is 0 Å². The third-order valence-electron chi connectivity index (χ3n) is 4.85. The van der Waals surface area contributed by atoms with Gasteiger partial charge >= 0.3 is 0 Å². The molecule has 1 aliphatic rings. The minimum Gasteiger partial charge on any atom is -0.369 e. The Bertz CT molecular complexity index is 1020. The van der Waals surface area contributed by atoms with Gasteiger partial charge in [-0.05, 0) is 54.6 Å². The first-order chi connectivity index (χ1) is 14.1. The van der Waals surface area contributed by atoms with Gasteiger partial charge in [-0.2, -0.15) is 0 Å². The van der Waals surface area contributed by atoms with Gasteiger partial charge in [0.25, 0.3) is 5.91 Å². The summed E-state index contributed by atoms with van der Waals surface area (Å²) >= 11 is 6.09. The van der Waals surface area contributed by atoms with Crippen molar-refractivity contribution in [2.45, 2.75) is 0 Å². The van der Waals surface area contributed by atoms with E-state index >= 15 is 0 Å². The molecular weight excluding hydrogens is 391 g/mol. The van der Waals surface area contributed by atoms with E-state index in [9.17, 15) is 9.18 Å². The van der Waals surface area contributed by atoms with Crippen molar-refractivity contribution in [1.82, 2.24) is 10.3 Å². The molecule has 0 atom stereocenters. The third-order valence-corrected chi connectivity index (χ3v) is 5.16. The van der Waals surface area contributed by atoms with Crippen LogP contribution < -0.4 is 15.5 Å². The van der Waals surface area contributed by atoms with Crippen LogP contribution in [0, 0.1) is 5.82 Å². The van der Waals surface area contributed by atoms with Crippen LogP contribution in [-0.4, -0.2) is 37.1 Å². The lowest BCUT2D eigenvalue weighted by atomic mass is 10.1. The lowest BCUT2D eigenvalue weighted by Crippen LogP contribution is -2.43. The number of rotatable bonds is 4. The number of pyridine rings is 1. The van der Waals surface area contributed by atoms with Gasteiger partial charge < -0.3 is 15.5 Å².